The predicted octanol–water partition coefficient (Wildman–Crippen LogP) is 4.96. The van der Waals surface area contributed by atoms with E-state index in [1.165, 1.54) is 32.1 Å². The number of ether oxygens (including phenoxy) is 1. The SMILES string of the molecule is Cc1cc(CC(OC(=O)N2CCC(N3CCc4ccccc4NC3=O)CC2)C(=O)N2CCN(C3CCCCC3)CC2)cc(C)c1N. The maximum Gasteiger partial charge on any atom is 0.410 e. The zero-order chi connectivity index (χ0) is 32.2. The lowest BCUT2D eigenvalue weighted by Gasteiger charge is -2.41. The quantitative estimate of drug-likeness (QED) is 0.437. The molecular formula is C36H50N6O4. The maximum absolute atomic E-state index is 14.0. The van der Waals surface area contributed by atoms with Crippen molar-refractivity contribution < 1.29 is 19.1 Å². The average molecular weight is 631 g/mol. The van der Waals surface area contributed by atoms with Gasteiger partial charge in [0.15, 0.2) is 6.10 Å². The summed E-state index contributed by atoms with van der Waals surface area (Å²) in [6, 6.07) is 12.5. The fourth-order valence-electron chi connectivity index (χ4n) is 7.83. The van der Waals surface area contributed by atoms with Crippen LogP contribution < -0.4 is 11.1 Å². The number of nitrogens with two attached hydrogens (primary N) is 1. The molecule has 4 aliphatic rings. The van der Waals surface area contributed by atoms with Gasteiger partial charge < -0.3 is 30.5 Å². The first-order chi connectivity index (χ1) is 22.3. The number of piperidine rings is 1. The van der Waals surface area contributed by atoms with E-state index in [1.807, 2.05) is 54.0 Å². The molecule has 2 aromatic carbocycles. The van der Waals surface area contributed by atoms with Crippen LogP contribution in [0, 0.1) is 13.8 Å². The fourth-order valence-corrected chi connectivity index (χ4v) is 7.83. The summed E-state index contributed by atoms with van der Waals surface area (Å²) in [6.45, 7) is 8.54. The first-order valence-corrected chi connectivity index (χ1v) is 17.3. The normalized spacial score (nSPS) is 20.9. The summed E-state index contributed by atoms with van der Waals surface area (Å²) in [6.07, 6.45) is 7.45. The van der Waals surface area contributed by atoms with Gasteiger partial charge in [-0.1, -0.05) is 49.6 Å². The first-order valence-electron chi connectivity index (χ1n) is 17.3. The number of hydrogen-bond donors (Lipinski definition) is 2. The molecule has 2 saturated heterocycles. The Morgan fingerprint density at radius 2 is 1.54 bits per heavy atom. The number of rotatable bonds is 6. The van der Waals surface area contributed by atoms with E-state index < -0.39 is 12.2 Å². The van der Waals surface area contributed by atoms with Crippen LogP contribution in [0.5, 0.6) is 0 Å². The molecule has 3 heterocycles. The van der Waals surface area contributed by atoms with E-state index in [2.05, 4.69) is 16.3 Å². The van der Waals surface area contributed by atoms with Crippen LogP contribution in [0.25, 0.3) is 0 Å². The molecule has 3 aliphatic heterocycles. The summed E-state index contributed by atoms with van der Waals surface area (Å²) in [5, 5.41) is 3.06. The molecular weight excluding hydrogens is 580 g/mol. The molecule has 2 aromatic rings. The number of nitrogens with one attached hydrogen (secondary N) is 1. The van der Waals surface area contributed by atoms with E-state index in [0.29, 0.717) is 58.0 Å². The van der Waals surface area contributed by atoms with Crippen LogP contribution in [0.15, 0.2) is 36.4 Å². The number of hydrogen-bond acceptors (Lipinski definition) is 6. The molecule has 1 atom stereocenters. The van der Waals surface area contributed by atoms with E-state index >= 15 is 0 Å². The van der Waals surface area contributed by atoms with Crippen LogP contribution in [0.2, 0.25) is 0 Å². The van der Waals surface area contributed by atoms with Crippen molar-refractivity contribution in [3.05, 3.63) is 58.7 Å². The van der Waals surface area contributed by atoms with E-state index in [4.69, 9.17) is 10.5 Å². The Hall–Kier alpha value is -3.79. The van der Waals surface area contributed by atoms with Crippen LogP contribution in [0.3, 0.4) is 0 Å². The van der Waals surface area contributed by atoms with Crippen molar-refractivity contribution in [2.24, 2.45) is 0 Å². The van der Waals surface area contributed by atoms with Gasteiger partial charge in [0.1, 0.15) is 0 Å². The standard InChI is InChI=1S/C36H50N6O4/c1-25-22-27(23-26(2)33(25)37)24-32(34(43)40-20-18-39(19-21-40)29-9-4-3-5-10-29)46-36(45)41-15-13-30(14-16-41)42-17-12-28-8-6-7-11-31(28)38-35(42)44/h6-8,11,22-23,29-30,32H,3-5,9-10,12-21,24,37H2,1-2H3,(H,38,44). The van der Waals surface area contributed by atoms with Crippen LogP contribution in [-0.2, 0) is 22.4 Å². The van der Waals surface area contributed by atoms with Gasteiger partial charge >= 0.3 is 12.1 Å². The zero-order valence-corrected chi connectivity index (χ0v) is 27.5. The lowest BCUT2D eigenvalue weighted by atomic mass is 9.94. The van der Waals surface area contributed by atoms with Crippen molar-refractivity contribution in [3.8, 4) is 0 Å². The van der Waals surface area contributed by atoms with E-state index in [1.54, 1.807) is 4.90 Å². The number of nitrogen functional groups attached to an aromatic ring is 1. The minimum atomic E-state index is -0.913. The summed E-state index contributed by atoms with van der Waals surface area (Å²) in [5.74, 6) is -0.125. The highest BCUT2D eigenvalue weighted by Crippen LogP contribution is 2.27. The number of amides is 4. The largest absolute Gasteiger partial charge is 0.436 e. The number of benzene rings is 2. The summed E-state index contributed by atoms with van der Waals surface area (Å²) in [4.78, 5) is 48.7. The van der Waals surface area contributed by atoms with Crippen LogP contribution in [0.1, 0.15) is 67.2 Å². The third kappa shape index (κ3) is 7.27. The smallest absolute Gasteiger partial charge is 0.410 e. The Kier molecular flexibility index (Phi) is 10.0. The second kappa shape index (κ2) is 14.3. The average Bonchev–Trinajstić information content (AvgIpc) is 3.25. The lowest BCUT2D eigenvalue weighted by molar-refractivity contribution is -0.143. The highest BCUT2D eigenvalue weighted by Gasteiger charge is 2.36. The van der Waals surface area contributed by atoms with Crippen LogP contribution in [-0.4, -0.2) is 102 Å². The van der Waals surface area contributed by atoms with Crippen LogP contribution >= 0.6 is 0 Å². The molecule has 0 bridgehead atoms. The number of piperazine rings is 1. The molecule has 3 fully saturated rings. The molecule has 3 N–H and O–H groups in total. The number of nitrogens with zero attached hydrogens (tertiary/aromatic N) is 4. The van der Waals surface area contributed by atoms with Crippen LogP contribution in [0.4, 0.5) is 21.0 Å². The summed E-state index contributed by atoms with van der Waals surface area (Å²) < 4.78 is 6.08. The van der Waals surface area contributed by atoms with Gasteiger partial charge in [-0.2, -0.15) is 0 Å². The topological polar surface area (TPSA) is 111 Å². The van der Waals surface area contributed by atoms with Gasteiger partial charge in [0.2, 0.25) is 0 Å². The van der Waals surface area contributed by atoms with Crippen molar-refractivity contribution in [2.45, 2.75) is 89.8 Å². The molecule has 46 heavy (non-hydrogen) atoms. The lowest BCUT2D eigenvalue weighted by Crippen LogP contribution is -2.55. The number of para-hydroxylation sites is 1. The molecule has 1 unspecified atom stereocenters. The highest BCUT2D eigenvalue weighted by atomic mass is 16.6. The number of carbonyl (C=O) groups is 3. The minimum Gasteiger partial charge on any atom is -0.436 e. The number of fused-ring (bicyclic) bond motifs is 1. The molecule has 6 rings (SSSR count). The molecule has 0 radical (unpaired) electrons. The van der Waals surface area contributed by atoms with E-state index in [-0.39, 0.29) is 18.0 Å². The molecule has 0 aromatic heterocycles. The van der Waals surface area contributed by atoms with E-state index in [9.17, 15) is 14.4 Å². The molecule has 10 heteroatoms. The third-order valence-electron chi connectivity index (χ3n) is 10.6. The number of likely N-dealkylation sites (tertiary alicyclic amines) is 1. The van der Waals surface area contributed by atoms with Gasteiger partial charge in [-0.25, -0.2) is 9.59 Å². The zero-order valence-electron chi connectivity index (χ0n) is 27.5. The Morgan fingerprint density at radius 3 is 2.24 bits per heavy atom. The number of aryl methyl sites for hydroxylation is 2. The molecule has 1 saturated carbocycles. The van der Waals surface area contributed by atoms with Gasteiger partial charge in [-0.3, -0.25) is 9.69 Å². The summed E-state index contributed by atoms with van der Waals surface area (Å²) in [7, 11) is 0. The Balaban J connectivity index is 1.09. The number of carbonyl (C=O) groups excluding carboxylic acids is 3. The molecule has 0 spiro atoms. The molecule has 4 amide bonds. The Bertz CT molecular complexity index is 1390. The molecule has 1 aliphatic carbocycles. The minimum absolute atomic E-state index is 0.0389. The Morgan fingerprint density at radius 1 is 0.870 bits per heavy atom. The van der Waals surface area contributed by atoms with Gasteiger partial charge in [-0.05, 0) is 74.3 Å². The van der Waals surface area contributed by atoms with Gasteiger partial charge in [-0.15, -0.1) is 0 Å². The van der Waals surface area contributed by atoms with Crippen molar-refractivity contribution in [2.75, 3.05) is 56.9 Å². The van der Waals surface area contributed by atoms with Crippen molar-refractivity contribution in [1.29, 1.82) is 0 Å². The third-order valence-corrected chi connectivity index (χ3v) is 10.6. The van der Waals surface area contributed by atoms with Crippen molar-refractivity contribution in [1.82, 2.24) is 19.6 Å². The maximum atomic E-state index is 14.0. The number of anilines is 2. The first kappa shape index (κ1) is 32.2. The van der Waals surface area contributed by atoms with Gasteiger partial charge in [0.05, 0.1) is 0 Å². The van der Waals surface area contributed by atoms with Crippen molar-refractivity contribution >= 4 is 29.4 Å². The van der Waals surface area contributed by atoms with E-state index in [0.717, 1.165) is 53.1 Å². The second-order valence-corrected chi connectivity index (χ2v) is 13.6. The Labute approximate surface area is 273 Å². The predicted molar refractivity (Wildman–Crippen MR) is 180 cm³/mol. The highest BCUT2D eigenvalue weighted by molar-refractivity contribution is 5.91. The molecule has 10 nitrogen and oxygen atoms in total. The number of urea groups is 1. The second-order valence-electron chi connectivity index (χ2n) is 13.6. The fraction of sp³-hybridized carbons (Fsp3) is 0.583. The molecule has 248 valence electrons. The van der Waals surface area contributed by atoms with Gasteiger partial charge in [0, 0.05) is 75.7 Å². The van der Waals surface area contributed by atoms with Gasteiger partial charge in [0.25, 0.3) is 5.91 Å². The van der Waals surface area contributed by atoms with Crippen molar-refractivity contribution in [3.63, 3.8) is 0 Å². The summed E-state index contributed by atoms with van der Waals surface area (Å²) >= 11 is 0. The monoisotopic (exact) mass is 630 g/mol. The summed E-state index contributed by atoms with van der Waals surface area (Å²) in [5.41, 5.74) is 11.8.